The molecule has 3 aromatic rings. The van der Waals surface area contributed by atoms with Gasteiger partial charge in [-0.15, -0.1) is 0 Å². The number of carboxylic acid groups (broad SMARTS) is 1. The van der Waals surface area contributed by atoms with Crippen LogP contribution in [-0.2, 0) is 19.1 Å². The first kappa shape index (κ1) is 30.6. The summed E-state index contributed by atoms with van der Waals surface area (Å²) in [5, 5.41) is 41.8. The Labute approximate surface area is 247 Å². The Morgan fingerprint density at radius 1 is 0.902 bits per heavy atom. The van der Waals surface area contributed by atoms with Gasteiger partial charge in [0.2, 0.25) is 0 Å². The number of rotatable bonds is 10. The Balaban J connectivity index is 1.47. The summed E-state index contributed by atoms with van der Waals surface area (Å²) in [4.78, 5) is 25.0. The average molecular weight is 601 g/mol. The van der Waals surface area contributed by atoms with Gasteiger partial charge in [-0.05, 0) is 65.6 Å². The number of benzene rings is 3. The quantitative estimate of drug-likeness (QED) is 0.184. The molecule has 0 bridgehead atoms. The van der Waals surface area contributed by atoms with Crippen molar-refractivity contribution in [2.45, 2.75) is 49.1 Å². The second-order valence-electron chi connectivity index (χ2n) is 9.96. The molecule has 1 fully saturated rings. The maximum absolute atomic E-state index is 12.5. The van der Waals surface area contributed by atoms with Crippen LogP contribution in [0, 0.1) is 0 Å². The van der Waals surface area contributed by atoms with Crippen molar-refractivity contribution in [3.63, 3.8) is 0 Å². The minimum atomic E-state index is -1.89. The fourth-order valence-corrected chi connectivity index (χ4v) is 5.18. The third kappa shape index (κ3) is 7.87. The van der Waals surface area contributed by atoms with E-state index in [2.05, 4.69) is 0 Å². The molecule has 10 heteroatoms. The van der Waals surface area contributed by atoms with Gasteiger partial charge in [-0.25, -0.2) is 9.59 Å². The SMILES string of the molecule is O=C(/C=C/c1ccc(O)cc1)O[C@@H]1C[C@](OCCC(c2ccc(Cl)cc2)c2ccc(Cl)cc2)(C(=O)O)C[C@H](O)[C@H]1O. The molecule has 4 rings (SSSR count). The Morgan fingerprint density at radius 2 is 1.46 bits per heavy atom. The van der Waals surface area contributed by atoms with Crippen molar-refractivity contribution in [2.24, 2.45) is 0 Å². The topological polar surface area (TPSA) is 134 Å². The smallest absolute Gasteiger partial charge is 0.336 e. The summed E-state index contributed by atoms with van der Waals surface area (Å²) in [5.74, 6) is -2.27. The number of hydrogen-bond donors (Lipinski definition) is 4. The molecule has 4 atom stereocenters. The van der Waals surface area contributed by atoms with Crippen molar-refractivity contribution in [1.82, 2.24) is 0 Å². The van der Waals surface area contributed by atoms with Gasteiger partial charge in [-0.3, -0.25) is 0 Å². The van der Waals surface area contributed by atoms with Gasteiger partial charge in [0.1, 0.15) is 18.0 Å². The van der Waals surface area contributed by atoms with Crippen molar-refractivity contribution in [3.8, 4) is 5.75 Å². The van der Waals surface area contributed by atoms with Gasteiger partial charge < -0.3 is 29.9 Å². The predicted octanol–water partition coefficient (Wildman–Crippen LogP) is 5.20. The summed E-state index contributed by atoms with van der Waals surface area (Å²) < 4.78 is 11.3. The number of ether oxygens (including phenoxy) is 2. The normalized spacial score (nSPS) is 22.6. The number of aliphatic hydroxyl groups is 2. The molecule has 3 aromatic carbocycles. The molecule has 41 heavy (non-hydrogen) atoms. The number of carbonyl (C=O) groups excluding carboxylic acids is 1. The van der Waals surface area contributed by atoms with Crippen LogP contribution in [-0.4, -0.2) is 62.9 Å². The molecular formula is C31H30Cl2O8. The second kappa shape index (κ2) is 13.5. The van der Waals surface area contributed by atoms with E-state index in [-0.39, 0.29) is 31.1 Å². The highest BCUT2D eigenvalue weighted by Gasteiger charge is 2.52. The minimum Gasteiger partial charge on any atom is -0.508 e. The van der Waals surface area contributed by atoms with Crippen LogP contribution in [0.15, 0.2) is 78.9 Å². The van der Waals surface area contributed by atoms with Gasteiger partial charge >= 0.3 is 11.9 Å². The number of esters is 1. The molecule has 0 saturated heterocycles. The lowest BCUT2D eigenvalue weighted by Gasteiger charge is -2.42. The van der Waals surface area contributed by atoms with Crippen LogP contribution in [0.1, 0.15) is 41.9 Å². The van der Waals surface area contributed by atoms with Crippen LogP contribution in [0.3, 0.4) is 0 Å². The maximum Gasteiger partial charge on any atom is 0.336 e. The molecule has 1 aliphatic carbocycles. The predicted molar refractivity (Wildman–Crippen MR) is 154 cm³/mol. The van der Waals surface area contributed by atoms with Gasteiger partial charge in [-0.2, -0.15) is 0 Å². The van der Waals surface area contributed by atoms with Gasteiger partial charge in [0.15, 0.2) is 5.60 Å². The van der Waals surface area contributed by atoms with Crippen molar-refractivity contribution < 1.29 is 39.5 Å². The van der Waals surface area contributed by atoms with E-state index in [1.165, 1.54) is 18.2 Å². The molecular weight excluding hydrogens is 571 g/mol. The number of carbonyl (C=O) groups is 2. The van der Waals surface area contributed by atoms with E-state index in [0.717, 1.165) is 17.2 Å². The van der Waals surface area contributed by atoms with Crippen LogP contribution in [0.25, 0.3) is 6.08 Å². The fourth-order valence-electron chi connectivity index (χ4n) is 4.93. The van der Waals surface area contributed by atoms with E-state index in [4.69, 9.17) is 32.7 Å². The first-order valence-electron chi connectivity index (χ1n) is 13.0. The van der Waals surface area contributed by atoms with Gasteiger partial charge in [0.25, 0.3) is 0 Å². The zero-order chi connectivity index (χ0) is 29.6. The van der Waals surface area contributed by atoms with Crippen LogP contribution < -0.4 is 0 Å². The summed E-state index contributed by atoms with van der Waals surface area (Å²) in [6.07, 6.45) is -2.10. The Morgan fingerprint density at radius 3 is 2.00 bits per heavy atom. The molecule has 0 radical (unpaired) electrons. The summed E-state index contributed by atoms with van der Waals surface area (Å²) in [6.45, 7) is -0.00748. The molecule has 0 aliphatic heterocycles. The van der Waals surface area contributed by atoms with E-state index in [9.17, 15) is 30.0 Å². The molecule has 0 unspecified atom stereocenters. The van der Waals surface area contributed by atoms with Crippen LogP contribution in [0.5, 0.6) is 5.75 Å². The molecule has 216 valence electrons. The number of phenols is 1. The average Bonchev–Trinajstić information content (AvgIpc) is 2.94. The summed E-state index contributed by atoms with van der Waals surface area (Å²) in [5.41, 5.74) is 0.601. The standard InChI is InChI=1S/C31H30Cl2O8/c32-22-8-4-20(5-9-22)25(21-6-10-23(33)11-7-21)15-16-40-31(30(38)39)17-26(35)29(37)27(18-31)41-28(36)14-3-19-1-12-24(34)13-2-19/h1-14,25-27,29,34-35,37H,15-18H2,(H,38,39)/b14-3+/t26-,27+,29+,31-/m0/s1. The highest BCUT2D eigenvalue weighted by molar-refractivity contribution is 6.30. The highest BCUT2D eigenvalue weighted by atomic mass is 35.5. The van der Waals surface area contributed by atoms with Crippen molar-refractivity contribution in [2.75, 3.05) is 6.61 Å². The molecule has 1 aliphatic rings. The minimum absolute atomic E-state index is 0.00748. The van der Waals surface area contributed by atoms with E-state index in [0.29, 0.717) is 22.0 Å². The number of halogens is 2. The molecule has 4 N–H and O–H groups in total. The summed E-state index contributed by atoms with van der Waals surface area (Å²) in [7, 11) is 0. The number of hydrogen-bond acceptors (Lipinski definition) is 7. The first-order chi connectivity index (χ1) is 19.6. The van der Waals surface area contributed by atoms with Gasteiger partial charge in [0, 0.05) is 41.5 Å². The largest absolute Gasteiger partial charge is 0.508 e. The number of aliphatic hydroxyl groups excluding tert-OH is 2. The van der Waals surface area contributed by atoms with E-state index >= 15 is 0 Å². The van der Waals surface area contributed by atoms with E-state index in [1.54, 1.807) is 36.4 Å². The number of aliphatic carboxylic acids is 1. The van der Waals surface area contributed by atoms with Gasteiger partial charge in [-0.1, -0.05) is 59.6 Å². The zero-order valence-corrected chi connectivity index (χ0v) is 23.4. The van der Waals surface area contributed by atoms with Crippen LogP contribution >= 0.6 is 23.2 Å². The van der Waals surface area contributed by atoms with Crippen LogP contribution in [0.4, 0.5) is 0 Å². The highest BCUT2D eigenvalue weighted by Crippen LogP contribution is 2.36. The Bertz CT molecular complexity index is 1310. The lowest BCUT2D eigenvalue weighted by molar-refractivity contribution is -0.207. The van der Waals surface area contributed by atoms with E-state index < -0.39 is 35.9 Å². The number of carboxylic acids is 1. The molecule has 0 spiro atoms. The molecule has 0 aromatic heterocycles. The zero-order valence-electron chi connectivity index (χ0n) is 21.9. The lowest BCUT2D eigenvalue weighted by Crippen LogP contribution is -2.58. The second-order valence-corrected chi connectivity index (χ2v) is 10.8. The Kier molecular flexibility index (Phi) is 10.1. The first-order valence-corrected chi connectivity index (χ1v) is 13.7. The van der Waals surface area contributed by atoms with Gasteiger partial charge in [0.05, 0.1) is 6.10 Å². The number of phenolic OH excluding ortho intramolecular Hbond substituents is 1. The maximum atomic E-state index is 12.5. The van der Waals surface area contributed by atoms with Crippen LogP contribution in [0.2, 0.25) is 10.0 Å². The van der Waals surface area contributed by atoms with Crippen molar-refractivity contribution in [1.29, 1.82) is 0 Å². The van der Waals surface area contributed by atoms with Crippen molar-refractivity contribution in [3.05, 3.63) is 106 Å². The molecule has 0 heterocycles. The fraction of sp³-hybridized carbons (Fsp3) is 0.290. The third-order valence-electron chi connectivity index (χ3n) is 7.14. The van der Waals surface area contributed by atoms with Crippen molar-refractivity contribution >= 4 is 41.2 Å². The molecule has 0 amide bonds. The van der Waals surface area contributed by atoms with E-state index in [1.807, 2.05) is 24.3 Å². The third-order valence-corrected chi connectivity index (χ3v) is 7.64. The molecule has 1 saturated carbocycles. The summed E-state index contributed by atoms with van der Waals surface area (Å²) >= 11 is 12.1. The monoisotopic (exact) mass is 600 g/mol. The lowest BCUT2D eigenvalue weighted by atomic mass is 9.79. The summed E-state index contributed by atoms with van der Waals surface area (Å²) in [6, 6.07) is 20.7. The number of aromatic hydroxyl groups is 1. The molecule has 8 nitrogen and oxygen atoms in total. The Hall–Kier alpha value is -3.40.